The normalized spacial score (nSPS) is 18.9. The number of nitrogens with one attached hydrogen (secondary N) is 1. The summed E-state index contributed by atoms with van der Waals surface area (Å²) in [6.07, 6.45) is 0.734. The molecular formula is C21H22ClN3O3. The zero-order valence-electron chi connectivity index (χ0n) is 15.4. The van der Waals surface area contributed by atoms with Crippen molar-refractivity contribution in [3.05, 3.63) is 64.7 Å². The zero-order chi connectivity index (χ0) is 19.5. The van der Waals surface area contributed by atoms with Crippen LogP contribution < -0.4 is 10.2 Å². The third kappa shape index (κ3) is 4.13. The number of hydrogen-bond donors (Lipinski definition) is 1. The summed E-state index contributed by atoms with van der Waals surface area (Å²) < 4.78 is 5.82. The molecule has 3 amide bonds. The minimum Gasteiger partial charge on any atom is -0.371 e. The molecule has 0 aliphatic carbocycles. The van der Waals surface area contributed by atoms with E-state index in [1.165, 1.54) is 11.1 Å². The lowest BCUT2D eigenvalue weighted by atomic mass is 9.99. The molecule has 1 unspecified atom stereocenters. The van der Waals surface area contributed by atoms with Crippen LogP contribution in [0.5, 0.6) is 0 Å². The molecule has 2 heterocycles. The van der Waals surface area contributed by atoms with Gasteiger partial charge in [-0.25, -0.2) is 4.79 Å². The van der Waals surface area contributed by atoms with E-state index < -0.39 is 0 Å². The molecule has 0 spiro atoms. The number of rotatable bonds is 5. The molecule has 1 saturated heterocycles. The molecule has 1 atom stereocenters. The number of carbonyl (C=O) groups excluding carboxylic acids is 2. The maximum absolute atomic E-state index is 12.6. The Morgan fingerprint density at radius 3 is 2.79 bits per heavy atom. The fraction of sp³-hybridized carbons (Fsp3) is 0.333. The molecule has 2 aliphatic rings. The zero-order valence-corrected chi connectivity index (χ0v) is 16.2. The third-order valence-electron chi connectivity index (χ3n) is 5.12. The second-order valence-corrected chi connectivity index (χ2v) is 7.48. The van der Waals surface area contributed by atoms with Crippen LogP contribution in [-0.4, -0.2) is 49.1 Å². The van der Waals surface area contributed by atoms with Crippen molar-refractivity contribution >= 4 is 29.2 Å². The van der Waals surface area contributed by atoms with Crippen molar-refractivity contribution in [2.45, 2.75) is 19.1 Å². The number of ether oxygens (including phenoxy) is 1. The molecule has 2 aliphatic heterocycles. The highest BCUT2D eigenvalue weighted by molar-refractivity contribution is 6.30. The van der Waals surface area contributed by atoms with Crippen LogP contribution >= 0.6 is 11.6 Å². The highest BCUT2D eigenvalue weighted by Crippen LogP contribution is 2.23. The molecule has 28 heavy (non-hydrogen) atoms. The maximum Gasteiger partial charge on any atom is 0.325 e. The Bertz CT molecular complexity index is 889. The molecule has 0 radical (unpaired) electrons. The summed E-state index contributed by atoms with van der Waals surface area (Å²) in [6, 6.07) is 15.2. The van der Waals surface area contributed by atoms with Gasteiger partial charge in [0, 0.05) is 36.8 Å². The van der Waals surface area contributed by atoms with Gasteiger partial charge in [0.15, 0.2) is 0 Å². The topological polar surface area (TPSA) is 61.9 Å². The number of fused-ring (bicyclic) bond motifs is 1. The Kier molecular flexibility index (Phi) is 5.50. The van der Waals surface area contributed by atoms with Crippen molar-refractivity contribution in [1.82, 2.24) is 10.2 Å². The first-order valence-corrected chi connectivity index (χ1v) is 9.75. The van der Waals surface area contributed by atoms with Crippen LogP contribution in [0.15, 0.2) is 48.5 Å². The first-order valence-electron chi connectivity index (χ1n) is 9.37. The van der Waals surface area contributed by atoms with Gasteiger partial charge < -0.3 is 15.0 Å². The van der Waals surface area contributed by atoms with Gasteiger partial charge in [0.05, 0.1) is 12.7 Å². The van der Waals surface area contributed by atoms with Crippen molar-refractivity contribution in [3.63, 3.8) is 0 Å². The number of carbonyl (C=O) groups is 2. The number of halogens is 1. The SMILES string of the molecule is O=C(CN1CCN(c2cccc(Cl)c2)C1=O)NCC1Cc2ccccc2CO1. The van der Waals surface area contributed by atoms with Crippen molar-refractivity contribution in [2.24, 2.45) is 0 Å². The monoisotopic (exact) mass is 399 g/mol. The van der Waals surface area contributed by atoms with Gasteiger partial charge in [0.2, 0.25) is 5.91 Å². The third-order valence-corrected chi connectivity index (χ3v) is 5.35. The summed E-state index contributed by atoms with van der Waals surface area (Å²) >= 11 is 6.01. The molecule has 2 aromatic carbocycles. The lowest BCUT2D eigenvalue weighted by Gasteiger charge is -2.26. The molecule has 1 fully saturated rings. The van der Waals surface area contributed by atoms with Crippen LogP contribution in [0, 0.1) is 0 Å². The summed E-state index contributed by atoms with van der Waals surface area (Å²) in [4.78, 5) is 28.1. The second kappa shape index (κ2) is 8.20. The van der Waals surface area contributed by atoms with Crippen LogP contribution in [0.25, 0.3) is 0 Å². The van der Waals surface area contributed by atoms with E-state index in [1.807, 2.05) is 24.3 Å². The summed E-state index contributed by atoms with van der Waals surface area (Å²) in [6.45, 7) is 2.09. The molecule has 0 saturated carbocycles. The van der Waals surface area contributed by atoms with Crippen molar-refractivity contribution in [2.75, 3.05) is 31.1 Å². The second-order valence-electron chi connectivity index (χ2n) is 7.05. The average Bonchev–Trinajstić information content (AvgIpc) is 3.06. The van der Waals surface area contributed by atoms with Crippen LogP contribution in [-0.2, 0) is 22.6 Å². The minimum absolute atomic E-state index is 0.0409. The fourth-order valence-electron chi connectivity index (χ4n) is 3.61. The smallest absolute Gasteiger partial charge is 0.325 e. The van der Waals surface area contributed by atoms with Gasteiger partial charge in [-0.2, -0.15) is 0 Å². The first kappa shape index (κ1) is 18.8. The number of anilines is 1. The van der Waals surface area contributed by atoms with Crippen LogP contribution in [0.1, 0.15) is 11.1 Å². The Hall–Kier alpha value is -2.57. The lowest BCUT2D eigenvalue weighted by Crippen LogP contribution is -2.43. The van der Waals surface area contributed by atoms with E-state index in [2.05, 4.69) is 17.4 Å². The van der Waals surface area contributed by atoms with E-state index in [0.717, 1.165) is 12.1 Å². The quantitative estimate of drug-likeness (QED) is 0.841. The van der Waals surface area contributed by atoms with Gasteiger partial charge in [0.1, 0.15) is 6.54 Å². The maximum atomic E-state index is 12.6. The van der Waals surface area contributed by atoms with Crippen molar-refractivity contribution in [1.29, 1.82) is 0 Å². The molecule has 0 aromatic heterocycles. The molecule has 6 nitrogen and oxygen atoms in total. The van der Waals surface area contributed by atoms with E-state index >= 15 is 0 Å². The molecule has 2 aromatic rings. The highest BCUT2D eigenvalue weighted by Gasteiger charge is 2.31. The largest absolute Gasteiger partial charge is 0.371 e. The van der Waals surface area contributed by atoms with Gasteiger partial charge in [-0.15, -0.1) is 0 Å². The Labute approximate surface area is 169 Å². The Morgan fingerprint density at radius 2 is 1.96 bits per heavy atom. The van der Waals surface area contributed by atoms with Gasteiger partial charge in [-0.1, -0.05) is 41.9 Å². The van der Waals surface area contributed by atoms with Gasteiger partial charge >= 0.3 is 6.03 Å². The Balaban J connectivity index is 1.27. The molecule has 7 heteroatoms. The Morgan fingerprint density at radius 1 is 1.14 bits per heavy atom. The standard InChI is InChI=1S/C21H22ClN3O3/c22-17-6-3-7-18(11-17)25-9-8-24(21(25)27)13-20(26)23-12-19-10-15-4-1-2-5-16(15)14-28-19/h1-7,11,19H,8-10,12-14H2,(H,23,26). The van der Waals surface area contributed by atoms with Crippen LogP contribution in [0.4, 0.5) is 10.5 Å². The number of nitrogens with zero attached hydrogens (tertiary/aromatic N) is 2. The van der Waals surface area contributed by atoms with E-state index in [9.17, 15) is 9.59 Å². The van der Waals surface area contributed by atoms with E-state index in [4.69, 9.17) is 16.3 Å². The highest BCUT2D eigenvalue weighted by atomic mass is 35.5. The lowest BCUT2D eigenvalue weighted by molar-refractivity contribution is -0.122. The molecule has 0 bridgehead atoms. The molecule has 1 N–H and O–H groups in total. The molecule has 4 rings (SSSR count). The van der Waals surface area contributed by atoms with Gasteiger partial charge in [-0.3, -0.25) is 9.69 Å². The van der Waals surface area contributed by atoms with Gasteiger partial charge in [0.25, 0.3) is 0 Å². The summed E-state index contributed by atoms with van der Waals surface area (Å²) in [7, 11) is 0. The van der Waals surface area contributed by atoms with Crippen LogP contribution in [0.2, 0.25) is 5.02 Å². The van der Waals surface area contributed by atoms with Gasteiger partial charge in [-0.05, 0) is 29.3 Å². The number of benzene rings is 2. The first-order chi connectivity index (χ1) is 13.6. The van der Waals surface area contributed by atoms with E-state index in [0.29, 0.717) is 31.3 Å². The molecule has 146 valence electrons. The fourth-order valence-corrected chi connectivity index (χ4v) is 3.79. The van der Waals surface area contributed by atoms with E-state index in [1.54, 1.807) is 21.9 Å². The summed E-state index contributed by atoms with van der Waals surface area (Å²) in [5.74, 6) is -0.177. The number of amides is 3. The number of urea groups is 1. The summed E-state index contributed by atoms with van der Waals surface area (Å²) in [5, 5.41) is 3.48. The van der Waals surface area contributed by atoms with E-state index in [-0.39, 0.29) is 24.6 Å². The minimum atomic E-state index is -0.180. The van der Waals surface area contributed by atoms with Crippen LogP contribution in [0.3, 0.4) is 0 Å². The molecular weight excluding hydrogens is 378 g/mol. The number of hydrogen-bond acceptors (Lipinski definition) is 3. The average molecular weight is 400 g/mol. The van der Waals surface area contributed by atoms with Crippen molar-refractivity contribution in [3.8, 4) is 0 Å². The summed E-state index contributed by atoms with van der Waals surface area (Å²) in [5.41, 5.74) is 3.21. The van der Waals surface area contributed by atoms with Crippen molar-refractivity contribution < 1.29 is 14.3 Å². The predicted molar refractivity (Wildman–Crippen MR) is 107 cm³/mol. The predicted octanol–water partition coefficient (Wildman–Crippen LogP) is 2.84.